The van der Waals surface area contributed by atoms with Crippen molar-refractivity contribution in [3.05, 3.63) is 47.8 Å². The van der Waals surface area contributed by atoms with Gasteiger partial charge >= 0.3 is 0 Å². The molecule has 2 heterocycles. The molecule has 0 aliphatic carbocycles. The van der Waals surface area contributed by atoms with Crippen LogP contribution < -0.4 is 0 Å². The zero-order chi connectivity index (χ0) is 13.9. The molecule has 0 radical (unpaired) electrons. The Morgan fingerprint density at radius 3 is 2.80 bits per heavy atom. The number of nitrogens with zero attached hydrogens (tertiary/aromatic N) is 5. The van der Waals surface area contributed by atoms with E-state index in [0.717, 1.165) is 0 Å². The molecule has 7 nitrogen and oxygen atoms in total. The predicted octanol–water partition coefficient (Wildman–Crippen LogP) is 1.33. The van der Waals surface area contributed by atoms with E-state index in [9.17, 15) is 9.18 Å². The van der Waals surface area contributed by atoms with Gasteiger partial charge in [0.15, 0.2) is 12.1 Å². The molecule has 0 fully saturated rings. The normalized spacial score (nSPS) is 10.7. The Labute approximate surface area is 112 Å². The first-order valence-electron chi connectivity index (χ1n) is 5.68. The first kappa shape index (κ1) is 12.2. The number of aromatic nitrogens is 5. The number of rotatable bonds is 4. The summed E-state index contributed by atoms with van der Waals surface area (Å²) in [5.74, 6) is 0.333. The van der Waals surface area contributed by atoms with Gasteiger partial charge in [0.1, 0.15) is 18.1 Å². The highest BCUT2D eigenvalue weighted by molar-refractivity contribution is 5.70. The highest BCUT2D eigenvalue weighted by Gasteiger charge is 2.10. The van der Waals surface area contributed by atoms with E-state index >= 15 is 0 Å². The summed E-state index contributed by atoms with van der Waals surface area (Å²) in [6, 6.07) is 5.72. The van der Waals surface area contributed by atoms with Gasteiger partial charge in [-0.05, 0) is 24.3 Å². The Hall–Kier alpha value is -2.90. The van der Waals surface area contributed by atoms with Crippen LogP contribution in [0.15, 0.2) is 35.0 Å². The van der Waals surface area contributed by atoms with Crippen molar-refractivity contribution in [1.29, 1.82) is 0 Å². The number of hydrogen-bond acceptors (Lipinski definition) is 6. The van der Waals surface area contributed by atoms with Crippen molar-refractivity contribution in [1.82, 2.24) is 25.1 Å². The minimum atomic E-state index is -0.336. The third kappa shape index (κ3) is 2.44. The van der Waals surface area contributed by atoms with Crippen molar-refractivity contribution in [3.63, 3.8) is 0 Å². The lowest BCUT2D eigenvalue weighted by molar-refractivity contribution is 0.111. The van der Waals surface area contributed by atoms with Crippen LogP contribution in [0.3, 0.4) is 0 Å². The first-order valence-corrected chi connectivity index (χ1v) is 5.68. The third-order valence-corrected chi connectivity index (χ3v) is 2.54. The highest BCUT2D eigenvalue weighted by atomic mass is 19.1. The van der Waals surface area contributed by atoms with E-state index in [4.69, 9.17) is 4.52 Å². The zero-order valence-electron chi connectivity index (χ0n) is 10.1. The van der Waals surface area contributed by atoms with Crippen LogP contribution in [0.5, 0.6) is 0 Å². The maximum absolute atomic E-state index is 12.8. The van der Waals surface area contributed by atoms with E-state index in [0.29, 0.717) is 17.7 Å². The Kier molecular flexibility index (Phi) is 3.04. The fraction of sp³-hybridized carbons (Fsp3) is 0.0833. The minimum absolute atomic E-state index is 0.228. The summed E-state index contributed by atoms with van der Waals surface area (Å²) in [5.41, 5.74) is 0.851. The second kappa shape index (κ2) is 5.00. The molecular weight excluding hydrogens is 265 g/mol. The average molecular weight is 273 g/mol. The van der Waals surface area contributed by atoms with Crippen LogP contribution in [0.25, 0.3) is 11.5 Å². The van der Waals surface area contributed by atoms with Gasteiger partial charge in [-0.3, -0.25) is 4.79 Å². The number of hydrogen-bond donors (Lipinski definition) is 0. The van der Waals surface area contributed by atoms with E-state index in [1.165, 1.54) is 23.0 Å². The van der Waals surface area contributed by atoms with E-state index < -0.39 is 0 Å². The second-order valence-corrected chi connectivity index (χ2v) is 3.98. The Balaban J connectivity index is 1.79. The largest absolute Gasteiger partial charge is 0.334 e. The molecule has 3 aromatic rings. The molecule has 0 saturated heterocycles. The van der Waals surface area contributed by atoms with E-state index in [-0.39, 0.29) is 23.9 Å². The highest BCUT2D eigenvalue weighted by Crippen LogP contribution is 2.17. The van der Waals surface area contributed by atoms with Crippen LogP contribution >= 0.6 is 0 Å². The fourth-order valence-electron chi connectivity index (χ4n) is 1.62. The number of aldehydes is 1. The number of halogens is 1. The summed E-state index contributed by atoms with van der Waals surface area (Å²) in [4.78, 5) is 14.7. The van der Waals surface area contributed by atoms with E-state index in [2.05, 4.69) is 20.5 Å². The Bertz CT molecular complexity index is 734. The molecular formula is C12H8FN5O2. The molecule has 1 aromatic carbocycles. The lowest BCUT2D eigenvalue weighted by Gasteiger charge is -1.93. The minimum Gasteiger partial charge on any atom is -0.334 e. The van der Waals surface area contributed by atoms with Crippen molar-refractivity contribution in [2.75, 3.05) is 0 Å². The van der Waals surface area contributed by atoms with Gasteiger partial charge in [0.2, 0.25) is 0 Å². The van der Waals surface area contributed by atoms with Crippen molar-refractivity contribution in [2.24, 2.45) is 0 Å². The summed E-state index contributed by atoms with van der Waals surface area (Å²) < 4.78 is 19.3. The van der Waals surface area contributed by atoms with Crippen LogP contribution in [-0.2, 0) is 6.54 Å². The molecule has 0 amide bonds. The maximum Gasteiger partial charge on any atom is 0.257 e. The SMILES string of the molecule is O=Cc1cn(Cc2noc(-c3ccc(F)cc3)n2)nn1. The van der Waals surface area contributed by atoms with Crippen LogP contribution in [-0.4, -0.2) is 31.4 Å². The number of carbonyl (C=O) groups is 1. The first-order chi connectivity index (χ1) is 9.74. The Morgan fingerprint density at radius 2 is 2.10 bits per heavy atom. The summed E-state index contributed by atoms with van der Waals surface area (Å²) in [7, 11) is 0. The molecule has 0 aliphatic heterocycles. The molecule has 0 saturated carbocycles. The van der Waals surface area contributed by atoms with Gasteiger partial charge in [-0.25, -0.2) is 9.07 Å². The molecule has 3 rings (SSSR count). The lowest BCUT2D eigenvalue weighted by Crippen LogP contribution is -2.02. The standard InChI is InChI=1S/C12H8FN5O2/c13-9-3-1-8(2-4-9)12-14-11(16-20-12)6-18-5-10(7-19)15-17-18/h1-5,7H,6H2. The molecule has 0 aliphatic rings. The van der Waals surface area contributed by atoms with Crippen molar-refractivity contribution in [2.45, 2.75) is 6.54 Å². The topological polar surface area (TPSA) is 86.7 Å². The van der Waals surface area contributed by atoms with Crippen molar-refractivity contribution < 1.29 is 13.7 Å². The smallest absolute Gasteiger partial charge is 0.257 e. The Morgan fingerprint density at radius 1 is 1.30 bits per heavy atom. The summed E-state index contributed by atoms with van der Waals surface area (Å²) in [5, 5.41) is 11.2. The van der Waals surface area contributed by atoms with Crippen LogP contribution in [0.4, 0.5) is 4.39 Å². The predicted molar refractivity (Wildman–Crippen MR) is 64.2 cm³/mol. The van der Waals surface area contributed by atoms with Crippen LogP contribution in [0, 0.1) is 5.82 Å². The molecule has 0 unspecified atom stereocenters. The van der Waals surface area contributed by atoms with Gasteiger partial charge in [0, 0.05) is 5.56 Å². The monoisotopic (exact) mass is 273 g/mol. The van der Waals surface area contributed by atoms with E-state index in [1.807, 2.05) is 0 Å². The van der Waals surface area contributed by atoms with Gasteiger partial charge in [0.05, 0.1) is 6.20 Å². The number of carbonyl (C=O) groups excluding carboxylic acids is 1. The van der Waals surface area contributed by atoms with E-state index in [1.54, 1.807) is 12.1 Å². The lowest BCUT2D eigenvalue weighted by atomic mass is 10.2. The van der Waals surface area contributed by atoms with Gasteiger partial charge < -0.3 is 4.52 Å². The van der Waals surface area contributed by atoms with Crippen LogP contribution in [0.1, 0.15) is 16.3 Å². The molecule has 0 atom stereocenters. The number of benzene rings is 1. The van der Waals surface area contributed by atoms with Crippen molar-refractivity contribution >= 4 is 6.29 Å². The quantitative estimate of drug-likeness (QED) is 0.666. The second-order valence-electron chi connectivity index (χ2n) is 3.98. The van der Waals surface area contributed by atoms with Gasteiger partial charge in [-0.15, -0.1) is 5.10 Å². The van der Waals surface area contributed by atoms with Crippen LogP contribution in [0.2, 0.25) is 0 Å². The molecule has 2 aromatic heterocycles. The third-order valence-electron chi connectivity index (χ3n) is 2.54. The molecule has 0 bridgehead atoms. The van der Waals surface area contributed by atoms with Gasteiger partial charge in [-0.2, -0.15) is 4.98 Å². The molecule has 8 heteroatoms. The van der Waals surface area contributed by atoms with Crippen molar-refractivity contribution in [3.8, 4) is 11.5 Å². The zero-order valence-corrected chi connectivity index (χ0v) is 10.1. The maximum atomic E-state index is 12.8. The average Bonchev–Trinajstić information content (AvgIpc) is 3.09. The summed E-state index contributed by atoms with van der Waals surface area (Å²) in [6.45, 7) is 0.228. The molecule has 0 N–H and O–H groups in total. The van der Waals surface area contributed by atoms with Gasteiger partial charge in [0.25, 0.3) is 5.89 Å². The van der Waals surface area contributed by atoms with Gasteiger partial charge in [-0.1, -0.05) is 10.4 Å². The molecule has 0 spiro atoms. The molecule has 20 heavy (non-hydrogen) atoms. The summed E-state index contributed by atoms with van der Waals surface area (Å²) >= 11 is 0. The fourth-order valence-corrected chi connectivity index (χ4v) is 1.62. The molecule has 100 valence electrons. The summed E-state index contributed by atoms with van der Waals surface area (Å²) in [6.07, 6.45) is 2.07.